The van der Waals surface area contributed by atoms with Crippen molar-refractivity contribution in [3.63, 3.8) is 0 Å². The highest BCUT2D eigenvalue weighted by molar-refractivity contribution is 5.75. The zero-order valence-electron chi connectivity index (χ0n) is 11.1. The minimum atomic E-state index is -0.991. The first-order chi connectivity index (χ1) is 9.13. The van der Waals surface area contributed by atoms with Crippen LogP contribution in [0, 0.1) is 5.82 Å². The molecule has 1 unspecified atom stereocenters. The van der Waals surface area contributed by atoms with Gasteiger partial charge in [-0.25, -0.2) is 4.39 Å². The first-order valence-electron chi connectivity index (χ1n) is 6.57. The van der Waals surface area contributed by atoms with Gasteiger partial charge in [0.05, 0.1) is 0 Å². The number of carboxylic acids is 1. The molecule has 4 nitrogen and oxygen atoms in total. The van der Waals surface area contributed by atoms with Crippen LogP contribution in [0.1, 0.15) is 18.5 Å². The first kappa shape index (κ1) is 14.0. The zero-order chi connectivity index (χ0) is 13.8. The highest BCUT2D eigenvalue weighted by Crippen LogP contribution is 2.24. The number of carbonyl (C=O) groups is 1. The molecule has 1 atom stereocenters. The van der Waals surface area contributed by atoms with Crippen molar-refractivity contribution >= 4 is 5.97 Å². The third-order valence-corrected chi connectivity index (χ3v) is 3.65. The molecule has 0 aromatic heterocycles. The maximum Gasteiger partial charge on any atom is 0.325 e. The van der Waals surface area contributed by atoms with Gasteiger partial charge in [0.15, 0.2) is 0 Å². The van der Waals surface area contributed by atoms with E-state index in [9.17, 15) is 14.3 Å². The summed E-state index contributed by atoms with van der Waals surface area (Å²) in [4.78, 5) is 15.6. The van der Waals surface area contributed by atoms with E-state index in [0.29, 0.717) is 13.1 Å². The Morgan fingerprint density at radius 3 is 2.47 bits per heavy atom. The number of aliphatic carboxylic acids is 1. The molecule has 1 aromatic rings. The number of rotatable bonds is 4. The van der Waals surface area contributed by atoms with Gasteiger partial charge in [-0.2, -0.15) is 0 Å². The van der Waals surface area contributed by atoms with E-state index in [0.717, 1.165) is 19.6 Å². The minimum absolute atomic E-state index is 0.250. The van der Waals surface area contributed by atoms with Crippen molar-refractivity contribution in [3.8, 4) is 0 Å². The first-order valence-corrected chi connectivity index (χ1v) is 6.57. The number of nitrogens with zero attached hydrogens (tertiary/aromatic N) is 2. The maximum atomic E-state index is 13.8. The molecule has 0 radical (unpaired) electrons. The summed E-state index contributed by atoms with van der Waals surface area (Å²) in [6.07, 6.45) is 0. The topological polar surface area (TPSA) is 43.8 Å². The molecule has 1 fully saturated rings. The fourth-order valence-electron chi connectivity index (χ4n) is 2.52. The molecule has 1 aromatic carbocycles. The van der Waals surface area contributed by atoms with Crippen molar-refractivity contribution < 1.29 is 14.3 Å². The number of halogens is 1. The molecule has 1 aliphatic heterocycles. The molecular formula is C14H19FN2O2. The molecule has 0 aliphatic carbocycles. The van der Waals surface area contributed by atoms with Gasteiger partial charge < -0.3 is 10.0 Å². The maximum absolute atomic E-state index is 13.8. The Bertz CT molecular complexity index is 445. The Morgan fingerprint density at radius 2 is 1.95 bits per heavy atom. The summed E-state index contributed by atoms with van der Waals surface area (Å²) in [5.74, 6) is -1.44. The number of benzene rings is 1. The monoisotopic (exact) mass is 266 g/mol. The van der Waals surface area contributed by atoms with E-state index >= 15 is 0 Å². The predicted molar refractivity (Wildman–Crippen MR) is 70.5 cm³/mol. The largest absolute Gasteiger partial charge is 0.480 e. The number of hydrogen-bond acceptors (Lipinski definition) is 3. The molecule has 104 valence electrons. The van der Waals surface area contributed by atoms with Crippen LogP contribution >= 0.6 is 0 Å². The number of piperazine rings is 1. The van der Waals surface area contributed by atoms with Crippen LogP contribution in [0.2, 0.25) is 0 Å². The highest BCUT2D eigenvalue weighted by atomic mass is 19.1. The van der Waals surface area contributed by atoms with E-state index < -0.39 is 17.8 Å². The molecule has 19 heavy (non-hydrogen) atoms. The van der Waals surface area contributed by atoms with E-state index in [4.69, 9.17) is 0 Å². The second kappa shape index (κ2) is 6.12. The average Bonchev–Trinajstić information content (AvgIpc) is 2.42. The Labute approximate surface area is 112 Å². The standard InChI is InChI=1S/C14H19FN2O2/c1-2-16-7-9-17(10-8-16)13(14(18)19)11-5-3-4-6-12(11)15/h3-6,13H,2,7-10H2,1H3,(H,18,19). The average molecular weight is 266 g/mol. The van der Waals surface area contributed by atoms with Crippen molar-refractivity contribution in [2.75, 3.05) is 32.7 Å². The Hall–Kier alpha value is -1.46. The molecular weight excluding hydrogens is 247 g/mol. The summed E-state index contributed by atoms with van der Waals surface area (Å²) in [7, 11) is 0. The summed E-state index contributed by atoms with van der Waals surface area (Å²) in [6, 6.07) is 5.23. The Kier molecular flexibility index (Phi) is 4.50. The number of likely N-dealkylation sites (N-methyl/N-ethyl adjacent to an activating group) is 1. The van der Waals surface area contributed by atoms with Crippen molar-refractivity contribution in [3.05, 3.63) is 35.6 Å². The lowest BCUT2D eigenvalue weighted by atomic mass is 10.0. The minimum Gasteiger partial charge on any atom is -0.480 e. The quantitative estimate of drug-likeness (QED) is 0.899. The normalized spacial score (nSPS) is 19.3. The zero-order valence-corrected chi connectivity index (χ0v) is 11.1. The molecule has 1 heterocycles. The van der Waals surface area contributed by atoms with Gasteiger partial charge in [-0.1, -0.05) is 25.1 Å². The van der Waals surface area contributed by atoms with E-state index in [1.165, 1.54) is 6.07 Å². The molecule has 1 saturated heterocycles. The Morgan fingerprint density at radius 1 is 1.32 bits per heavy atom. The van der Waals surface area contributed by atoms with Crippen LogP contribution in [0.5, 0.6) is 0 Å². The second-order valence-electron chi connectivity index (χ2n) is 4.73. The summed E-state index contributed by atoms with van der Waals surface area (Å²) in [5, 5.41) is 9.40. The third kappa shape index (κ3) is 3.11. The molecule has 0 amide bonds. The third-order valence-electron chi connectivity index (χ3n) is 3.65. The summed E-state index contributed by atoms with van der Waals surface area (Å²) < 4.78 is 13.8. The lowest BCUT2D eigenvalue weighted by molar-refractivity contribution is -0.144. The lowest BCUT2D eigenvalue weighted by Crippen LogP contribution is -2.49. The van der Waals surface area contributed by atoms with Gasteiger partial charge in [-0.15, -0.1) is 0 Å². The molecule has 1 aliphatic rings. The smallest absolute Gasteiger partial charge is 0.325 e. The van der Waals surface area contributed by atoms with Crippen molar-refractivity contribution in [2.24, 2.45) is 0 Å². The van der Waals surface area contributed by atoms with Gasteiger partial charge in [0, 0.05) is 31.7 Å². The van der Waals surface area contributed by atoms with Gasteiger partial charge in [-0.05, 0) is 12.6 Å². The fourth-order valence-corrected chi connectivity index (χ4v) is 2.52. The van der Waals surface area contributed by atoms with Crippen LogP contribution in [0.25, 0.3) is 0 Å². The summed E-state index contributed by atoms with van der Waals surface area (Å²) >= 11 is 0. The molecule has 5 heteroatoms. The summed E-state index contributed by atoms with van der Waals surface area (Å²) in [6.45, 7) is 6.01. The van der Waals surface area contributed by atoms with Crippen molar-refractivity contribution in [1.29, 1.82) is 0 Å². The van der Waals surface area contributed by atoms with Crippen LogP contribution in [0.3, 0.4) is 0 Å². The summed E-state index contributed by atoms with van der Waals surface area (Å²) in [5.41, 5.74) is 0.250. The molecule has 1 N–H and O–H groups in total. The van der Waals surface area contributed by atoms with E-state index in [1.54, 1.807) is 18.2 Å². The van der Waals surface area contributed by atoms with Crippen LogP contribution in [0.15, 0.2) is 24.3 Å². The predicted octanol–water partition coefficient (Wildman–Crippen LogP) is 1.59. The highest BCUT2D eigenvalue weighted by Gasteiger charge is 2.31. The van der Waals surface area contributed by atoms with Crippen LogP contribution in [-0.2, 0) is 4.79 Å². The molecule has 0 bridgehead atoms. The van der Waals surface area contributed by atoms with Crippen LogP contribution in [-0.4, -0.2) is 53.6 Å². The lowest BCUT2D eigenvalue weighted by Gasteiger charge is -2.37. The molecule has 0 saturated carbocycles. The number of hydrogen-bond donors (Lipinski definition) is 1. The van der Waals surface area contributed by atoms with Crippen molar-refractivity contribution in [2.45, 2.75) is 13.0 Å². The van der Waals surface area contributed by atoms with Gasteiger partial charge in [0.2, 0.25) is 0 Å². The van der Waals surface area contributed by atoms with E-state index in [1.807, 2.05) is 4.90 Å². The van der Waals surface area contributed by atoms with Gasteiger partial charge in [0.1, 0.15) is 11.9 Å². The van der Waals surface area contributed by atoms with Crippen LogP contribution < -0.4 is 0 Å². The Balaban J connectivity index is 2.18. The number of carboxylic acid groups (broad SMARTS) is 1. The van der Waals surface area contributed by atoms with Gasteiger partial charge in [-0.3, -0.25) is 9.69 Å². The second-order valence-corrected chi connectivity index (χ2v) is 4.73. The van der Waals surface area contributed by atoms with Gasteiger partial charge >= 0.3 is 5.97 Å². The fraction of sp³-hybridized carbons (Fsp3) is 0.500. The van der Waals surface area contributed by atoms with E-state index in [-0.39, 0.29) is 5.56 Å². The SMILES string of the molecule is CCN1CCN(C(C(=O)O)c2ccccc2F)CC1. The van der Waals surface area contributed by atoms with E-state index in [2.05, 4.69) is 11.8 Å². The van der Waals surface area contributed by atoms with Crippen molar-refractivity contribution in [1.82, 2.24) is 9.80 Å². The van der Waals surface area contributed by atoms with Gasteiger partial charge in [0.25, 0.3) is 0 Å². The molecule has 0 spiro atoms. The van der Waals surface area contributed by atoms with Crippen LogP contribution in [0.4, 0.5) is 4.39 Å². The molecule has 2 rings (SSSR count).